The Bertz CT molecular complexity index is 1120. The topological polar surface area (TPSA) is 78.9 Å². The number of amides is 1. The van der Waals surface area contributed by atoms with Crippen LogP contribution in [-0.4, -0.2) is 24.1 Å². The van der Waals surface area contributed by atoms with Crippen molar-refractivity contribution in [3.05, 3.63) is 88.9 Å². The van der Waals surface area contributed by atoms with Crippen LogP contribution in [0, 0.1) is 0 Å². The third-order valence-corrected chi connectivity index (χ3v) is 5.69. The second kappa shape index (κ2) is 8.32. The van der Waals surface area contributed by atoms with Gasteiger partial charge in [-0.15, -0.1) is 0 Å². The first kappa shape index (κ1) is 20.8. The van der Waals surface area contributed by atoms with Gasteiger partial charge in [0.2, 0.25) is 0 Å². The van der Waals surface area contributed by atoms with Crippen molar-refractivity contribution in [1.29, 1.82) is 0 Å². The van der Waals surface area contributed by atoms with Crippen LogP contribution in [0.2, 0.25) is 5.02 Å². The number of ether oxygens (including phenoxy) is 1. The number of anilines is 2. The van der Waals surface area contributed by atoms with E-state index < -0.39 is 11.6 Å². The molecule has 0 aliphatic carbocycles. The molecule has 2 N–H and O–H groups in total. The lowest BCUT2D eigenvalue weighted by molar-refractivity contribution is -0.137. The monoisotopic (exact) mass is 436 g/mol. The van der Waals surface area contributed by atoms with Gasteiger partial charge in [-0.05, 0) is 54.1 Å². The third kappa shape index (κ3) is 3.82. The van der Waals surface area contributed by atoms with E-state index in [1.165, 1.54) is 0 Å². The number of carboxylic acids is 1. The molecule has 0 aromatic heterocycles. The summed E-state index contributed by atoms with van der Waals surface area (Å²) in [6.07, 6.45) is 0.00774. The first-order valence-corrected chi connectivity index (χ1v) is 10.2. The van der Waals surface area contributed by atoms with Gasteiger partial charge in [-0.3, -0.25) is 14.5 Å². The Morgan fingerprint density at radius 1 is 1.06 bits per heavy atom. The van der Waals surface area contributed by atoms with Gasteiger partial charge in [0.05, 0.1) is 12.7 Å². The highest BCUT2D eigenvalue weighted by Crippen LogP contribution is 2.44. The molecule has 0 radical (unpaired) electrons. The van der Waals surface area contributed by atoms with E-state index in [0.29, 0.717) is 27.7 Å². The van der Waals surface area contributed by atoms with Gasteiger partial charge >= 0.3 is 5.97 Å². The van der Waals surface area contributed by atoms with Crippen molar-refractivity contribution in [3.63, 3.8) is 0 Å². The Balaban J connectivity index is 1.95. The summed E-state index contributed by atoms with van der Waals surface area (Å²) >= 11 is 6.11. The normalized spacial score (nSPS) is 17.6. The third-order valence-electron chi connectivity index (χ3n) is 5.44. The predicted molar refractivity (Wildman–Crippen MR) is 120 cm³/mol. The molecule has 0 spiro atoms. The summed E-state index contributed by atoms with van der Waals surface area (Å²) in [7, 11) is 1.57. The van der Waals surface area contributed by atoms with Crippen molar-refractivity contribution in [2.24, 2.45) is 0 Å². The van der Waals surface area contributed by atoms with Crippen LogP contribution in [-0.2, 0) is 10.5 Å². The van der Waals surface area contributed by atoms with Gasteiger partial charge in [0.15, 0.2) is 0 Å². The predicted octanol–water partition coefficient (Wildman–Crippen LogP) is 5.14. The molecule has 0 fully saturated rings. The van der Waals surface area contributed by atoms with Crippen LogP contribution >= 0.6 is 11.6 Å². The van der Waals surface area contributed by atoms with E-state index in [-0.39, 0.29) is 18.7 Å². The fourth-order valence-corrected chi connectivity index (χ4v) is 4.08. The lowest BCUT2D eigenvalue weighted by atomic mass is 9.87. The van der Waals surface area contributed by atoms with E-state index in [4.69, 9.17) is 16.3 Å². The summed E-state index contributed by atoms with van der Waals surface area (Å²) in [6.45, 7) is 0. The maximum absolute atomic E-state index is 13.8. The van der Waals surface area contributed by atoms with Gasteiger partial charge in [0.25, 0.3) is 5.91 Å². The average molecular weight is 437 g/mol. The zero-order chi connectivity index (χ0) is 22.0. The van der Waals surface area contributed by atoms with Crippen LogP contribution in [0.25, 0.3) is 0 Å². The highest BCUT2D eigenvalue weighted by atomic mass is 35.5. The molecule has 31 heavy (non-hydrogen) atoms. The summed E-state index contributed by atoms with van der Waals surface area (Å²) in [6, 6.07) is 21.4. The molecule has 1 heterocycles. The molecule has 1 aliphatic heterocycles. The summed E-state index contributed by atoms with van der Waals surface area (Å²) in [5, 5.41) is 13.5. The molecule has 1 unspecified atom stereocenters. The van der Waals surface area contributed by atoms with Crippen LogP contribution in [0.4, 0.5) is 11.4 Å². The number of hydrogen-bond donors (Lipinski definition) is 2. The molecule has 4 rings (SSSR count). The summed E-state index contributed by atoms with van der Waals surface area (Å²) in [5.74, 6) is -0.514. The van der Waals surface area contributed by atoms with Gasteiger partial charge in [0.1, 0.15) is 11.4 Å². The molecule has 1 atom stereocenters. The fraction of sp³-hybridized carbons (Fsp3) is 0.167. The Morgan fingerprint density at radius 3 is 2.39 bits per heavy atom. The van der Waals surface area contributed by atoms with E-state index in [0.717, 1.165) is 5.56 Å². The van der Waals surface area contributed by atoms with Crippen molar-refractivity contribution < 1.29 is 19.4 Å². The number of carbonyl (C=O) groups is 2. The maximum Gasteiger partial charge on any atom is 0.303 e. The number of para-hydroxylation sites is 1. The van der Waals surface area contributed by atoms with Crippen LogP contribution in [0.5, 0.6) is 5.75 Å². The first-order valence-electron chi connectivity index (χ1n) is 9.78. The molecule has 3 aromatic carbocycles. The number of rotatable bonds is 6. The molecule has 6 nitrogen and oxygen atoms in total. The number of halogens is 1. The van der Waals surface area contributed by atoms with Crippen LogP contribution < -0.4 is 15.0 Å². The molecule has 0 saturated heterocycles. The number of nitrogens with zero attached hydrogens (tertiary/aromatic N) is 1. The van der Waals surface area contributed by atoms with Crippen molar-refractivity contribution >= 4 is 34.9 Å². The Kier molecular flexibility index (Phi) is 5.57. The summed E-state index contributed by atoms with van der Waals surface area (Å²) in [4.78, 5) is 26.9. The second-order valence-corrected chi connectivity index (χ2v) is 7.71. The molecule has 0 bridgehead atoms. The van der Waals surface area contributed by atoms with Gasteiger partial charge < -0.3 is 15.2 Å². The highest BCUT2D eigenvalue weighted by Gasteiger charge is 2.47. The molecule has 1 amide bonds. The number of aliphatic carboxylic acids is 1. The lowest BCUT2D eigenvalue weighted by Crippen LogP contribution is -2.58. The number of carboxylic acid groups (broad SMARTS) is 1. The quantitative estimate of drug-likeness (QED) is 0.559. The molecular formula is C24H21ClN2O4. The summed E-state index contributed by atoms with van der Waals surface area (Å²) in [5.41, 5.74) is 1.39. The number of hydrogen-bond acceptors (Lipinski definition) is 4. The molecular weight excluding hydrogens is 416 g/mol. The Hall–Kier alpha value is -3.51. The van der Waals surface area contributed by atoms with Crippen molar-refractivity contribution in [2.45, 2.75) is 18.5 Å². The minimum atomic E-state index is -1.12. The molecule has 1 aliphatic rings. The highest BCUT2D eigenvalue weighted by molar-refractivity contribution is 6.30. The molecule has 3 aromatic rings. The van der Waals surface area contributed by atoms with E-state index in [2.05, 4.69) is 5.32 Å². The van der Waals surface area contributed by atoms with Gasteiger partial charge in [0, 0.05) is 29.2 Å². The van der Waals surface area contributed by atoms with Crippen LogP contribution in [0.15, 0.2) is 72.8 Å². The largest absolute Gasteiger partial charge is 0.497 e. The first-order chi connectivity index (χ1) is 14.9. The number of methoxy groups -OCH3 is 1. The zero-order valence-corrected chi connectivity index (χ0v) is 17.6. The SMILES string of the molecule is COc1ccc(N2C(=O)c3ccccc3NC2(CCC(=O)O)c2ccc(Cl)cc2)cc1. The molecule has 7 heteroatoms. The van der Waals surface area contributed by atoms with Gasteiger partial charge in [-0.1, -0.05) is 35.9 Å². The molecule has 0 saturated carbocycles. The van der Waals surface area contributed by atoms with Crippen molar-refractivity contribution in [1.82, 2.24) is 0 Å². The van der Waals surface area contributed by atoms with E-state index in [9.17, 15) is 14.7 Å². The smallest absolute Gasteiger partial charge is 0.303 e. The number of fused-ring (bicyclic) bond motifs is 1. The minimum absolute atomic E-state index is 0.141. The van der Waals surface area contributed by atoms with E-state index in [1.807, 2.05) is 24.3 Å². The standard InChI is InChI=1S/C24H21ClN2O4/c1-31-19-12-10-18(11-13-19)27-23(30)20-4-2-3-5-21(20)26-24(27,15-14-22(28)29)16-6-8-17(25)9-7-16/h2-13,26H,14-15H2,1H3,(H,28,29). The molecule has 158 valence electrons. The van der Waals surface area contributed by atoms with Crippen molar-refractivity contribution in [3.8, 4) is 5.75 Å². The maximum atomic E-state index is 13.8. The Morgan fingerprint density at radius 2 is 1.74 bits per heavy atom. The second-order valence-electron chi connectivity index (χ2n) is 7.27. The van der Waals surface area contributed by atoms with Gasteiger partial charge in [-0.25, -0.2) is 0 Å². The fourth-order valence-electron chi connectivity index (χ4n) is 3.95. The van der Waals surface area contributed by atoms with Gasteiger partial charge in [-0.2, -0.15) is 0 Å². The zero-order valence-electron chi connectivity index (χ0n) is 16.8. The van der Waals surface area contributed by atoms with Crippen LogP contribution in [0.3, 0.4) is 0 Å². The number of benzene rings is 3. The Labute approximate surface area is 185 Å². The lowest BCUT2D eigenvalue weighted by Gasteiger charge is -2.49. The number of carbonyl (C=O) groups excluding carboxylic acids is 1. The van der Waals surface area contributed by atoms with Crippen molar-refractivity contribution in [2.75, 3.05) is 17.3 Å². The number of nitrogens with one attached hydrogen (secondary N) is 1. The summed E-state index contributed by atoms with van der Waals surface area (Å²) < 4.78 is 5.26. The van der Waals surface area contributed by atoms with E-state index in [1.54, 1.807) is 60.5 Å². The average Bonchev–Trinajstić information content (AvgIpc) is 2.78. The minimum Gasteiger partial charge on any atom is -0.497 e. The van der Waals surface area contributed by atoms with Crippen LogP contribution in [0.1, 0.15) is 28.8 Å². The van der Waals surface area contributed by atoms with E-state index >= 15 is 0 Å².